The first-order valence-electron chi connectivity index (χ1n) is 4.35. The third kappa shape index (κ3) is 1.96. The fraction of sp³-hybridized carbons (Fsp3) is 0.500. The fourth-order valence-corrected chi connectivity index (χ4v) is 1.26. The average Bonchev–Trinajstić information content (AvgIpc) is 2.53. The molecule has 1 heterocycles. The van der Waals surface area contributed by atoms with Gasteiger partial charge in [-0.05, 0) is 32.9 Å². The quantitative estimate of drug-likeness (QED) is 0.702. The summed E-state index contributed by atoms with van der Waals surface area (Å²) in [6.45, 7) is 4.72. The van der Waals surface area contributed by atoms with Crippen molar-refractivity contribution in [3.63, 3.8) is 0 Å². The molecule has 4 nitrogen and oxygen atoms in total. The topological polar surface area (TPSA) is 58.5 Å². The molecule has 0 saturated carbocycles. The molecular weight excluding hydrogens is 180 g/mol. The summed E-state index contributed by atoms with van der Waals surface area (Å²) in [5.74, 6) is -0.147. The molecule has 0 amide bonds. The SMILES string of the molecule is CC(=O)C1(NC(C)(C)[C]=O)C=CC=N1. The highest BCUT2D eigenvalue weighted by Gasteiger charge is 2.38. The lowest BCUT2D eigenvalue weighted by Gasteiger charge is -2.30. The van der Waals surface area contributed by atoms with Gasteiger partial charge in [0, 0.05) is 6.21 Å². The van der Waals surface area contributed by atoms with Gasteiger partial charge in [0.05, 0.1) is 5.54 Å². The van der Waals surface area contributed by atoms with E-state index in [1.165, 1.54) is 13.1 Å². The molecule has 1 atom stereocenters. The minimum absolute atomic E-state index is 0.147. The van der Waals surface area contributed by atoms with Gasteiger partial charge in [-0.2, -0.15) is 0 Å². The highest BCUT2D eigenvalue weighted by atomic mass is 16.1. The molecule has 4 heteroatoms. The first-order valence-corrected chi connectivity index (χ1v) is 4.35. The number of hydrogen-bond acceptors (Lipinski definition) is 4. The first kappa shape index (κ1) is 10.8. The zero-order valence-corrected chi connectivity index (χ0v) is 8.50. The number of hydrogen-bond donors (Lipinski definition) is 1. The van der Waals surface area contributed by atoms with Gasteiger partial charge in [-0.15, -0.1) is 0 Å². The van der Waals surface area contributed by atoms with Gasteiger partial charge in [0.1, 0.15) is 0 Å². The summed E-state index contributed by atoms with van der Waals surface area (Å²) in [4.78, 5) is 26.0. The molecule has 0 aliphatic carbocycles. The Morgan fingerprint density at radius 2 is 2.21 bits per heavy atom. The second-order valence-electron chi connectivity index (χ2n) is 3.81. The first-order chi connectivity index (χ1) is 6.42. The average molecular weight is 193 g/mol. The Kier molecular flexibility index (Phi) is 2.66. The van der Waals surface area contributed by atoms with E-state index < -0.39 is 11.2 Å². The summed E-state index contributed by atoms with van der Waals surface area (Å²) in [5, 5.41) is 2.86. The van der Waals surface area contributed by atoms with Crippen LogP contribution in [0.4, 0.5) is 0 Å². The second-order valence-corrected chi connectivity index (χ2v) is 3.81. The van der Waals surface area contributed by atoms with Crippen LogP contribution in [0.15, 0.2) is 17.1 Å². The molecule has 1 rings (SSSR count). The molecule has 75 valence electrons. The Balaban J connectivity index is 2.93. The number of aliphatic imine (C=N–C) groups is 1. The standard InChI is InChI=1S/C10H13N2O2/c1-8(14)10(5-4-6-11-10)12-9(2,3)7-13/h4-6,12H,1-3H3. The van der Waals surface area contributed by atoms with Crippen LogP contribution in [0, 0.1) is 0 Å². The molecule has 1 radical (unpaired) electrons. The number of rotatable bonds is 4. The lowest BCUT2D eigenvalue weighted by atomic mass is 10.00. The van der Waals surface area contributed by atoms with Gasteiger partial charge in [0.25, 0.3) is 0 Å². The van der Waals surface area contributed by atoms with Crippen molar-refractivity contribution in [3.05, 3.63) is 12.2 Å². The molecule has 0 bridgehead atoms. The van der Waals surface area contributed by atoms with Gasteiger partial charge in [0.15, 0.2) is 11.4 Å². The van der Waals surface area contributed by atoms with Crippen molar-refractivity contribution in [1.82, 2.24) is 5.32 Å². The van der Waals surface area contributed by atoms with E-state index in [1.807, 2.05) is 6.29 Å². The van der Waals surface area contributed by atoms with Gasteiger partial charge >= 0.3 is 0 Å². The summed E-state index contributed by atoms with van der Waals surface area (Å²) >= 11 is 0. The maximum atomic E-state index is 11.4. The van der Waals surface area contributed by atoms with Crippen LogP contribution in [-0.4, -0.2) is 29.5 Å². The molecule has 0 spiro atoms. The minimum atomic E-state index is -1.08. The second kappa shape index (κ2) is 3.46. The van der Waals surface area contributed by atoms with Crippen LogP contribution < -0.4 is 5.32 Å². The van der Waals surface area contributed by atoms with Crippen LogP contribution in [-0.2, 0) is 9.59 Å². The van der Waals surface area contributed by atoms with E-state index in [1.54, 1.807) is 26.0 Å². The summed E-state index contributed by atoms with van der Waals surface area (Å²) in [7, 11) is 0. The van der Waals surface area contributed by atoms with Gasteiger partial charge < -0.3 is 0 Å². The maximum Gasteiger partial charge on any atom is 0.219 e. The van der Waals surface area contributed by atoms with E-state index in [0.29, 0.717) is 0 Å². The Morgan fingerprint density at radius 1 is 1.57 bits per heavy atom. The number of carbonyl (C=O) groups excluding carboxylic acids is 2. The maximum absolute atomic E-state index is 11.4. The smallest absolute Gasteiger partial charge is 0.219 e. The molecule has 0 aromatic carbocycles. The van der Waals surface area contributed by atoms with Crippen LogP contribution in [0.2, 0.25) is 0 Å². The van der Waals surface area contributed by atoms with Crippen molar-refractivity contribution in [2.75, 3.05) is 0 Å². The number of Topliss-reactive ketones (excluding diaryl/α,β-unsaturated/α-hetero) is 1. The molecule has 14 heavy (non-hydrogen) atoms. The molecule has 1 unspecified atom stereocenters. The molecule has 1 aliphatic rings. The highest BCUT2D eigenvalue weighted by Crippen LogP contribution is 2.18. The van der Waals surface area contributed by atoms with E-state index in [2.05, 4.69) is 10.3 Å². The van der Waals surface area contributed by atoms with Crippen LogP contribution in [0.5, 0.6) is 0 Å². The number of carbonyl (C=O) groups is 1. The van der Waals surface area contributed by atoms with Crippen molar-refractivity contribution in [2.45, 2.75) is 32.0 Å². The van der Waals surface area contributed by atoms with Crippen molar-refractivity contribution in [1.29, 1.82) is 0 Å². The molecule has 0 saturated heterocycles. The van der Waals surface area contributed by atoms with E-state index in [4.69, 9.17) is 0 Å². The van der Waals surface area contributed by atoms with E-state index in [0.717, 1.165) is 0 Å². The minimum Gasteiger partial charge on any atom is -0.295 e. The molecule has 1 aliphatic heterocycles. The summed E-state index contributed by atoms with van der Waals surface area (Å²) in [6.07, 6.45) is 6.67. The zero-order valence-electron chi connectivity index (χ0n) is 8.50. The van der Waals surface area contributed by atoms with Gasteiger partial charge in [-0.1, -0.05) is 0 Å². The molecule has 1 N–H and O–H groups in total. The lowest BCUT2D eigenvalue weighted by molar-refractivity contribution is -0.121. The van der Waals surface area contributed by atoms with Crippen molar-refractivity contribution < 1.29 is 9.59 Å². The monoisotopic (exact) mass is 193 g/mol. The lowest BCUT2D eigenvalue weighted by Crippen LogP contribution is -2.57. The van der Waals surface area contributed by atoms with Crippen molar-refractivity contribution >= 4 is 18.3 Å². The van der Waals surface area contributed by atoms with Crippen LogP contribution >= 0.6 is 0 Å². The van der Waals surface area contributed by atoms with Crippen LogP contribution in [0.1, 0.15) is 20.8 Å². The Morgan fingerprint density at radius 3 is 2.57 bits per heavy atom. The largest absolute Gasteiger partial charge is 0.295 e. The van der Waals surface area contributed by atoms with E-state index in [-0.39, 0.29) is 5.78 Å². The van der Waals surface area contributed by atoms with Crippen molar-refractivity contribution in [2.24, 2.45) is 4.99 Å². The van der Waals surface area contributed by atoms with Gasteiger partial charge in [0.2, 0.25) is 6.29 Å². The number of ketones is 1. The van der Waals surface area contributed by atoms with Crippen LogP contribution in [0.3, 0.4) is 0 Å². The summed E-state index contributed by atoms with van der Waals surface area (Å²) in [6, 6.07) is 0. The van der Waals surface area contributed by atoms with Gasteiger partial charge in [-0.3, -0.25) is 19.9 Å². The molecule has 0 fully saturated rings. The van der Waals surface area contributed by atoms with Crippen LogP contribution in [0.25, 0.3) is 0 Å². The predicted octanol–water partition coefficient (Wildman–Crippen LogP) is 0.390. The van der Waals surface area contributed by atoms with Crippen molar-refractivity contribution in [3.8, 4) is 0 Å². The third-order valence-electron chi connectivity index (χ3n) is 2.00. The third-order valence-corrected chi connectivity index (χ3v) is 2.00. The molecule has 0 aromatic rings. The highest BCUT2D eigenvalue weighted by molar-refractivity contribution is 5.94. The Hall–Kier alpha value is -1.29. The Bertz CT molecular complexity index is 304. The van der Waals surface area contributed by atoms with Gasteiger partial charge in [-0.25, -0.2) is 0 Å². The number of allylic oxidation sites excluding steroid dienone is 1. The zero-order chi connectivity index (χ0) is 10.8. The summed E-state index contributed by atoms with van der Waals surface area (Å²) in [5.41, 5.74) is -1.97. The van der Waals surface area contributed by atoms with E-state index in [9.17, 15) is 9.59 Å². The fourth-order valence-electron chi connectivity index (χ4n) is 1.26. The summed E-state index contributed by atoms with van der Waals surface area (Å²) < 4.78 is 0. The Labute approximate surface area is 83.1 Å². The number of nitrogens with zero attached hydrogens (tertiary/aromatic N) is 1. The molecular formula is C10H13N2O2. The van der Waals surface area contributed by atoms with E-state index >= 15 is 0 Å². The number of nitrogens with one attached hydrogen (secondary N) is 1. The molecule has 0 aromatic heterocycles. The predicted molar refractivity (Wildman–Crippen MR) is 54.0 cm³/mol. The normalized spacial score (nSPS) is 25.4.